The zero-order chi connectivity index (χ0) is 20.5. The van der Waals surface area contributed by atoms with E-state index in [4.69, 9.17) is 4.74 Å². The van der Waals surface area contributed by atoms with E-state index < -0.39 is 5.82 Å². The highest BCUT2D eigenvalue weighted by molar-refractivity contribution is 7.09. The molecule has 6 nitrogen and oxygen atoms in total. The number of hydrogen-bond acceptors (Lipinski definition) is 5. The summed E-state index contributed by atoms with van der Waals surface area (Å²) in [7, 11) is 0. The number of thiazole rings is 1. The molecule has 2 aromatic carbocycles. The van der Waals surface area contributed by atoms with Crippen LogP contribution in [0.4, 0.5) is 4.39 Å². The van der Waals surface area contributed by atoms with E-state index in [2.05, 4.69) is 15.6 Å². The van der Waals surface area contributed by atoms with Gasteiger partial charge in [0.15, 0.2) is 11.6 Å². The summed E-state index contributed by atoms with van der Waals surface area (Å²) in [6, 6.07) is 15.5. The van der Waals surface area contributed by atoms with Crippen molar-refractivity contribution in [3.63, 3.8) is 0 Å². The van der Waals surface area contributed by atoms with Gasteiger partial charge in [-0.15, -0.1) is 11.3 Å². The minimum absolute atomic E-state index is 0.0778. The number of carbonyl (C=O) groups is 2. The Morgan fingerprint density at radius 2 is 1.72 bits per heavy atom. The first-order valence-corrected chi connectivity index (χ1v) is 9.90. The number of ether oxygens (including phenoxy) is 1. The van der Waals surface area contributed by atoms with Crippen LogP contribution in [-0.4, -0.2) is 29.9 Å². The average molecular weight is 413 g/mol. The molecule has 8 heteroatoms. The van der Waals surface area contributed by atoms with Crippen molar-refractivity contribution < 1.29 is 18.7 Å². The lowest BCUT2D eigenvalue weighted by Crippen LogP contribution is -2.35. The van der Waals surface area contributed by atoms with Gasteiger partial charge in [-0.3, -0.25) is 9.59 Å². The Kier molecular flexibility index (Phi) is 7.29. The lowest BCUT2D eigenvalue weighted by Gasteiger charge is -2.06. The fourth-order valence-electron chi connectivity index (χ4n) is 2.50. The largest absolute Gasteiger partial charge is 0.483 e. The molecule has 0 atom stereocenters. The molecule has 2 N–H and O–H groups in total. The predicted molar refractivity (Wildman–Crippen MR) is 108 cm³/mol. The van der Waals surface area contributed by atoms with Gasteiger partial charge in [-0.2, -0.15) is 0 Å². The highest BCUT2D eigenvalue weighted by Crippen LogP contribution is 2.18. The molecule has 1 aromatic heterocycles. The number of amides is 2. The maximum atomic E-state index is 13.5. The topological polar surface area (TPSA) is 80.3 Å². The normalized spacial score (nSPS) is 10.4. The molecule has 2 amide bonds. The number of halogens is 1. The molecule has 3 rings (SSSR count). The van der Waals surface area contributed by atoms with Crippen LogP contribution in [0, 0.1) is 5.82 Å². The minimum atomic E-state index is -0.448. The molecule has 0 saturated carbocycles. The molecule has 0 unspecified atom stereocenters. The summed E-state index contributed by atoms with van der Waals surface area (Å²) in [5, 5.41) is 7.64. The average Bonchev–Trinajstić information content (AvgIpc) is 3.20. The molecule has 3 aromatic rings. The third-order valence-corrected chi connectivity index (χ3v) is 4.73. The van der Waals surface area contributed by atoms with Crippen LogP contribution in [-0.2, 0) is 17.8 Å². The van der Waals surface area contributed by atoms with Gasteiger partial charge in [-0.05, 0) is 17.7 Å². The third kappa shape index (κ3) is 6.39. The lowest BCUT2D eigenvalue weighted by molar-refractivity contribution is -0.120. The van der Waals surface area contributed by atoms with Gasteiger partial charge in [-0.1, -0.05) is 42.5 Å². The van der Waals surface area contributed by atoms with E-state index in [0.717, 1.165) is 5.56 Å². The molecule has 0 aliphatic heterocycles. The van der Waals surface area contributed by atoms with Gasteiger partial charge < -0.3 is 15.4 Å². The summed E-state index contributed by atoms with van der Waals surface area (Å²) < 4.78 is 18.9. The van der Waals surface area contributed by atoms with Crippen molar-refractivity contribution in [3.8, 4) is 5.75 Å². The van der Waals surface area contributed by atoms with E-state index in [9.17, 15) is 14.0 Å². The second-order valence-electron chi connectivity index (χ2n) is 6.11. The van der Waals surface area contributed by atoms with Crippen molar-refractivity contribution in [1.82, 2.24) is 15.6 Å². The van der Waals surface area contributed by atoms with Crippen LogP contribution in [0.3, 0.4) is 0 Å². The van der Waals surface area contributed by atoms with E-state index in [1.165, 1.54) is 23.5 Å². The van der Waals surface area contributed by atoms with Gasteiger partial charge in [0.1, 0.15) is 17.3 Å². The number of aromatic nitrogens is 1. The molecular weight excluding hydrogens is 393 g/mol. The number of hydrogen-bond donors (Lipinski definition) is 2. The summed E-state index contributed by atoms with van der Waals surface area (Å²) in [5.41, 5.74) is 1.19. The molecule has 0 radical (unpaired) electrons. The van der Waals surface area contributed by atoms with E-state index in [1.54, 1.807) is 17.5 Å². The molecule has 0 spiro atoms. The zero-order valence-electron chi connectivity index (χ0n) is 15.6. The number of para-hydroxylation sites is 1. The fraction of sp³-hybridized carbons (Fsp3) is 0.190. The SMILES string of the molecule is O=C(Cc1ccccc1)NCCNC(=O)c1csc(COc2ccccc2F)n1. The Morgan fingerprint density at radius 3 is 2.52 bits per heavy atom. The fourth-order valence-corrected chi connectivity index (χ4v) is 3.18. The number of nitrogens with one attached hydrogen (secondary N) is 2. The summed E-state index contributed by atoms with van der Waals surface area (Å²) in [5.74, 6) is -0.751. The molecule has 0 saturated heterocycles. The van der Waals surface area contributed by atoms with Crippen molar-refractivity contribution in [2.45, 2.75) is 13.0 Å². The van der Waals surface area contributed by atoms with E-state index in [0.29, 0.717) is 18.0 Å². The predicted octanol–water partition coefficient (Wildman–Crippen LogP) is 2.95. The Hall–Kier alpha value is -3.26. The zero-order valence-corrected chi connectivity index (χ0v) is 16.4. The maximum absolute atomic E-state index is 13.5. The summed E-state index contributed by atoms with van der Waals surface area (Å²) in [6.45, 7) is 0.692. The number of carbonyl (C=O) groups excluding carboxylic acids is 2. The molecule has 0 aliphatic rings. The first kappa shape index (κ1) is 20.5. The first-order chi connectivity index (χ1) is 14.1. The first-order valence-electron chi connectivity index (χ1n) is 9.02. The van der Waals surface area contributed by atoms with E-state index >= 15 is 0 Å². The monoisotopic (exact) mass is 413 g/mol. The molecular formula is C21H20FN3O3S. The van der Waals surface area contributed by atoms with E-state index in [1.807, 2.05) is 30.3 Å². The van der Waals surface area contributed by atoms with Crippen molar-refractivity contribution >= 4 is 23.2 Å². The van der Waals surface area contributed by atoms with Crippen LogP contribution < -0.4 is 15.4 Å². The Balaban J connectivity index is 1.37. The highest BCUT2D eigenvalue weighted by Gasteiger charge is 2.11. The maximum Gasteiger partial charge on any atom is 0.270 e. The van der Waals surface area contributed by atoms with Crippen molar-refractivity contribution in [2.75, 3.05) is 13.1 Å². The van der Waals surface area contributed by atoms with Gasteiger partial charge in [0, 0.05) is 18.5 Å². The van der Waals surface area contributed by atoms with Crippen molar-refractivity contribution in [1.29, 1.82) is 0 Å². The molecule has 0 bridgehead atoms. The summed E-state index contributed by atoms with van der Waals surface area (Å²) in [4.78, 5) is 28.2. The molecule has 1 heterocycles. The quantitative estimate of drug-likeness (QED) is 0.529. The van der Waals surface area contributed by atoms with Crippen molar-refractivity contribution in [3.05, 3.63) is 82.1 Å². The highest BCUT2D eigenvalue weighted by atomic mass is 32.1. The Morgan fingerprint density at radius 1 is 1.00 bits per heavy atom. The third-order valence-electron chi connectivity index (χ3n) is 3.91. The molecule has 0 aliphatic carbocycles. The standard InChI is InChI=1S/C21H20FN3O3S/c22-16-8-4-5-9-18(16)28-13-20-25-17(14-29-20)21(27)24-11-10-23-19(26)12-15-6-2-1-3-7-15/h1-9,14H,10-13H2,(H,23,26)(H,24,27). The summed E-state index contributed by atoms with van der Waals surface area (Å²) >= 11 is 1.26. The van der Waals surface area contributed by atoms with Crippen LogP contribution in [0.5, 0.6) is 5.75 Å². The smallest absolute Gasteiger partial charge is 0.270 e. The van der Waals surface area contributed by atoms with Gasteiger partial charge in [0.05, 0.1) is 6.42 Å². The van der Waals surface area contributed by atoms with Gasteiger partial charge in [0.25, 0.3) is 5.91 Å². The van der Waals surface area contributed by atoms with Crippen LogP contribution >= 0.6 is 11.3 Å². The van der Waals surface area contributed by atoms with Crippen LogP contribution in [0.15, 0.2) is 60.0 Å². The van der Waals surface area contributed by atoms with Crippen LogP contribution in [0.25, 0.3) is 0 Å². The lowest BCUT2D eigenvalue weighted by atomic mass is 10.1. The summed E-state index contributed by atoms with van der Waals surface area (Å²) in [6.07, 6.45) is 0.298. The number of benzene rings is 2. The van der Waals surface area contributed by atoms with Gasteiger partial charge in [0.2, 0.25) is 5.91 Å². The van der Waals surface area contributed by atoms with Gasteiger partial charge in [-0.25, -0.2) is 9.37 Å². The molecule has 29 heavy (non-hydrogen) atoms. The van der Waals surface area contributed by atoms with E-state index in [-0.39, 0.29) is 36.4 Å². The number of nitrogens with zero attached hydrogens (tertiary/aromatic N) is 1. The van der Waals surface area contributed by atoms with Crippen molar-refractivity contribution in [2.24, 2.45) is 0 Å². The van der Waals surface area contributed by atoms with Crippen LogP contribution in [0.1, 0.15) is 21.1 Å². The Labute approximate surface area is 171 Å². The minimum Gasteiger partial charge on any atom is -0.483 e. The second-order valence-corrected chi connectivity index (χ2v) is 7.06. The second kappa shape index (κ2) is 10.3. The Bertz CT molecular complexity index is 963. The molecule has 150 valence electrons. The number of rotatable bonds is 9. The van der Waals surface area contributed by atoms with Crippen LogP contribution in [0.2, 0.25) is 0 Å². The molecule has 0 fully saturated rings. The van der Waals surface area contributed by atoms with Gasteiger partial charge >= 0.3 is 0 Å².